The van der Waals surface area contributed by atoms with Crippen molar-refractivity contribution in [3.05, 3.63) is 11.1 Å². The van der Waals surface area contributed by atoms with Gasteiger partial charge in [-0.3, -0.25) is 9.59 Å². The molecule has 0 saturated carbocycles. The van der Waals surface area contributed by atoms with Crippen LogP contribution in [-0.2, 0) is 20.8 Å². The molecule has 0 aliphatic carbocycles. The lowest BCUT2D eigenvalue weighted by molar-refractivity contribution is -0.142. The summed E-state index contributed by atoms with van der Waals surface area (Å²) in [6.07, 6.45) is 2.07. The van der Waals surface area contributed by atoms with E-state index in [9.17, 15) is 19.5 Å². The number of hydrogen-bond donors (Lipinski definition) is 3. The van der Waals surface area contributed by atoms with E-state index in [1.165, 1.54) is 11.3 Å². The summed E-state index contributed by atoms with van der Waals surface area (Å²) in [4.78, 5) is 39.2. The van der Waals surface area contributed by atoms with Crippen LogP contribution in [0.15, 0.2) is 5.38 Å². The molecular formula is C17H27N3O4S. The number of anilines is 1. The van der Waals surface area contributed by atoms with Crippen LogP contribution in [-0.4, -0.2) is 33.9 Å². The highest BCUT2D eigenvalue weighted by Crippen LogP contribution is 2.17. The number of aliphatic carboxylic acids is 1. The zero-order chi connectivity index (χ0) is 19.0. The molecule has 0 aromatic carbocycles. The summed E-state index contributed by atoms with van der Waals surface area (Å²) in [5, 5.41) is 16.6. The fourth-order valence-electron chi connectivity index (χ4n) is 2.09. The van der Waals surface area contributed by atoms with E-state index >= 15 is 0 Å². The Hall–Kier alpha value is -1.96. The van der Waals surface area contributed by atoms with E-state index in [1.807, 2.05) is 0 Å². The number of nitrogens with one attached hydrogen (secondary N) is 2. The second kappa shape index (κ2) is 10.1. The normalized spacial score (nSPS) is 12.2. The lowest BCUT2D eigenvalue weighted by Crippen LogP contribution is -2.41. The first-order valence-corrected chi connectivity index (χ1v) is 9.34. The molecule has 0 spiro atoms. The van der Waals surface area contributed by atoms with Crippen LogP contribution in [0.4, 0.5) is 5.13 Å². The number of carboxylic acids is 1. The van der Waals surface area contributed by atoms with E-state index in [-0.39, 0.29) is 24.2 Å². The molecule has 2 amide bonds. The first kappa shape index (κ1) is 21.1. The quantitative estimate of drug-likeness (QED) is 0.587. The molecule has 140 valence electrons. The highest BCUT2D eigenvalue weighted by atomic mass is 32.1. The van der Waals surface area contributed by atoms with Crippen molar-refractivity contribution in [1.29, 1.82) is 0 Å². The van der Waals surface area contributed by atoms with Gasteiger partial charge in [-0.2, -0.15) is 0 Å². The van der Waals surface area contributed by atoms with Crippen molar-refractivity contribution in [2.75, 3.05) is 5.32 Å². The SMILES string of the molecule is CC(C)CCCC(NC(=O)Cc1csc(NC(=O)C(C)C)n1)C(=O)O. The lowest BCUT2D eigenvalue weighted by Gasteiger charge is -2.14. The molecule has 0 bridgehead atoms. The molecular weight excluding hydrogens is 342 g/mol. The molecule has 8 heteroatoms. The summed E-state index contributed by atoms with van der Waals surface area (Å²) in [5.41, 5.74) is 0.507. The van der Waals surface area contributed by atoms with Gasteiger partial charge in [0.1, 0.15) is 6.04 Å². The smallest absolute Gasteiger partial charge is 0.326 e. The molecule has 7 nitrogen and oxygen atoms in total. The van der Waals surface area contributed by atoms with Gasteiger partial charge in [0.05, 0.1) is 12.1 Å². The molecule has 1 heterocycles. The van der Waals surface area contributed by atoms with Gasteiger partial charge in [-0.15, -0.1) is 11.3 Å². The average molecular weight is 369 g/mol. The predicted molar refractivity (Wildman–Crippen MR) is 97.5 cm³/mol. The maximum absolute atomic E-state index is 12.1. The van der Waals surface area contributed by atoms with E-state index in [0.29, 0.717) is 23.2 Å². The van der Waals surface area contributed by atoms with Crippen molar-refractivity contribution < 1.29 is 19.5 Å². The minimum absolute atomic E-state index is 0.0119. The Balaban J connectivity index is 2.52. The number of carboxylic acid groups (broad SMARTS) is 1. The Morgan fingerprint density at radius 1 is 1.20 bits per heavy atom. The summed E-state index contributed by atoms with van der Waals surface area (Å²) in [5.74, 6) is -1.21. The topological polar surface area (TPSA) is 108 Å². The van der Waals surface area contributed by atoms with Gasteiger partial charge in [-0.25, -0.2) is 9.78 Å². The minimum atomic E-state index is -1.03. The first-order valence-electron chi connectivity index (χ1n) is 8.46. The zero-order valence-electron chi connectivity index (χ0n) is 15.2. The molecule has 1 rings (SSSR count). The maximum Gasteiger partial charge on any atom is 0.326 e. The third-order valence-electron chi connectivity index (χ3n) is 3.56. The highest BCUT2D eigenvalue weighted by Gasteiger charge is 2.20. The number of hydrogen-bond acceptors (Lipinski definition) is 5. The molecule has 0 saturated heterocycles. The molecule has 1 unspecified atom stereocenters. The van der Waals surface area contributed by atoms with Crippen LogP contribution in [0.1, 0.15) is 52.7 Å². The minimum Gasteiger partial charge on any atom is -0.480 e. The van der Waals surface area contributed by atoms with Crippen LogP contribution < -0.4 is 10.6 Å². The maximum atomic E-state index is 12.1. The molecule has 0 fully saturated rings. The van der Waals surface area contributed by atoms with Gasteiger partial charge in [0.2, 0.25) is 11.8 Å². The summed E-state index contributed by atoms with van der Waals surface area (Å²) in [6.45, 7) is 7.71. The average Bonchev–Trinajstić information content (AvgIpc) is 2.92. The van der Waals surface area contributed by atoms with E-state index in [0.717, 1.165) is 12.8 Å². The van der Waals surface area contributed by atoms with Gasteiger partial charge in [-0.1, -0.05) is 40.5 Å². The molecule has 1 aromatic rings. The Morgan fingerprint density at radius 2 is 1.88 bits per heavy atom. The fourth-order valence-corrected chi connectivity index (χ4v) is 2.81. The number of rotatable bonds is 10. The number of carbonyl (C=O) groups excluding carboxylic acids is 2. The summed E-state index contributed by atoms with van der Waals surface area (Å²) in [7, 11) is 0. The number of aromatic nitrogens is 1. The van der Waals surface area contributed by atoms with Crippen LogP contribution in [0.5, 0.6) is 0 Å². The van der Waals surface area contributed by atoms with Gasteiger partial charge in [0.25, 0.3) is 0 Å². The third-order valence-corrected chi connectivity index (χ3v) is 4.36. The second-order valence-corrected chi connectivity index (χ2v) is 7.61. The highest BCUT2D eigenvalue weighted by molar-refractivity contribution is 7.13. The Bertz CT molecular complexity index is 598. The van der Waals surface area contributed by atoms with Crippen LogP contribution in [0.25, 0.3) is 0 Å². The molecule has 0 aliphatic heterocycles. The molecule has 0 radical (unpaired) electrons. The second-order valence-electron chi connectivity index (χ2n) is 6.75. The van der Waals surface area contributed by atoms with Crippen LogP contribution in [0, 0.1) is 11.8 Å². The van der Waals surface area contributed by atoms with Gasteiger partial charge in [0.15, 0.2) is 5.13 Å². The predicted octanol–water partition coefficient (Wildman–Crippen LogP) is 2.68. The molecule has 3 N–H and O–H groups in total. The number of carbonyl (C=O) groups is 3. The number of amides is 2. The Labute approximate surface area is 152 Å². The van der Waals surface area contributed by atoms with Crippen molar-refractivity contribution in [3.8, 4) is 0 Å². The standard InChI is InChI=1S/C17H27N3O4S/c1-10(2)6-5-7-13(16(23)24)19-14(21)8-12-9-25-17(18-12)20-15(22)11(3)4/h9-11,13H,5-8H2,1-4H3,(H,19,21)(H,23,24)(H,18,20,22). The van der Waals surface area contributed by atoms with Crippen molar-refractivity contribution in [1.82, 2.24) is 10.3 Å². The number of thiazole rings is 1. The Kier molecular flexibility index (Phi) is 8.54. The first-order chi connectivity index (χ1) is 11.7. The lowest BCUT2D eigenvalue weighted by atomic mass is 10.0. The largest absolute Gasteiger partial charge is 0.480 e. The van der Waals surface area contributed by atoms with Gasteiger partial charge >= 0.3 is 5.97 Å². The molecule has 0 aliphatic rings. The zero-order valence-corrected chi connectivity index (χ0v) is 16.0. The van der Waals surface area contributed by atoms with Crippen molar-refractivity contribution >= 4 is 34.3 Å². The third kappa shape index (κ3) is 8.11. The molecule has 25 heavy (non-hydrogen) atoms. The van der Waals surface area contributed by atoms with Crippen molar-refractivity contribution in [2.45, 2.75) is 59.4 Å². The summed E-state index contributed by atoms with van der Waals surface area (Å²) >= 11 is 1.24. The number of nitrogens with zero attached hydrogens (tertiary/aromatic N) is 1. The summed E-state index contributed by atoms with van der Waals surface area (Å²) < 4.78 is 0. The van der Waals surface area contributed by atoms with E-state index < -0.39 is 12.0 Å². The van der Waals surface area contributed by atoms with Crippen molar-refractivity contribution in [2.24, 2.45) is 11.8 Å². The van der Waals surface area contributed by atoms with Crippen LogP contribution in [0.3, 0.4) is 0 Å². The van der Waals surface area contributed by atoms with Gasteiger partial charge < -0.3 is 15.7 Å². The van der Waals surface area contributed by atoms with E-state index in [2.05, 4.69) is 29.5 Å². The van der Waals surface area contributed by atoms with Crippen LogP contribution in [0.2, 0.25) is 0 Å². The molecule has 1 aromatic heterocycles. The Morgan fingerprint density at radius 3 is 2.44 bits per heavy atom. The van der Waals surface area contributed by atoms with Crippen molar-refractivity contribution in [3.63, 3.8) is 0 Å². The van der Waals surface area contributed by atoms with Gasteiger partial charge in [-0.05, 0) is 12.3 Å². The van der Waals surface area contributed by atoms with E-state index in [4.69, 9.17) is 0 Å². The van der Waals surface area contributed by atoms with E-state index in [1.54, 1.807) is 19.2 Å². The van der Waals surface area contributed by atoms with Crippen LogP contribution >= 0.6 is 11.3 Å². The molecule has 1 atom stereocenters. The monoisotopic (exact) mass is 369 g/mol. The van der Waals surface area contributed by atoms with Gasteiger partial charge in [0, 0.05) is 11.3 Å². The fraction of sp³-hybridized carbons (Fsp3) is 0.647. The summed E-state index contributed by atoms with van der Waals surface area (Å²) in [6, 6.07) is -0.884.